The summed E-state index contributed by atoms with van der Waals surface area (Å²) in [6.07, 6.45) is 6.94. The molecular formula is C24H29NO2. The van der Waals surface area contributed by atoms with Gasteiger partial charge in [-0.05, 0) is 68.8 Å². The Hall–Kier alpha value is -2.13. The van der Waals surface area contributed by atoms with Crippen molar-refractivity contribution in [3.05, 3.63) is 71.8 Å². The number of piperidine rings is 1. The number of carbonyl (C=O) groups is 1. The third-order valence-electron chi connectivity index (χ3n) is 6.21. The van der Waals surface area contributed by atoms with Gasteiger partial charge in [-0.2, -0.15) is 0 Å². The molecule has 2 aromatic carbocycles. The van der Waals surface area contributed by atoms with E-state index >= 15 is 0 Å². The van der Waals surface area contributed by atoms with Crippen LogP contribution in [0.1, 0.15) is 60.4 Å². The van der Waals surface area contributed by atoms with Crippen LogP contribution < -0.4 is 0 Å². The summed E-state index contributed by atoms with van der Waals surface area (Å²) in [5, 5.41) is 0. The van der Waals surface area contributed by atoms with Gasteiger partial charge in [-0.3, -0.25) is 4.90 Å². The van der Waals surface area contributed by atoms with Gasteiger partial charge < -0.3 is 4.74 Å². The molecule has 1 saturated heterocycles. The molecule has 0 amide bonds. The molecule has 1 aliphatic heterocycles. The van der Waals surface area contributed by atoms with Crippen LogP contribution in [0.15, 0.2) is 60.7 Å². The van der Waals surface area contributed by atoms with E-state index in [1.165, 1.54) is 24.8 Å². The second-order valence-electron chi connectivity index (χ2n) is 7.88. The number of esters is 1. The first-order valence-corrected chi connectivity index (χ1v) is 10.4. The maximum atomic E-state index is 12.5. The largest absolute Gasteiger partial charge is 0.457 e. The number of carbonyl (C=O) groups excluding carboxylic acids is 1. The van der Waals surface area contributed by atoms with Gasteiger partial charge in [0, 0.05) is 6.04 Å². The van der Waals surface area contributed by atoms with Gasteiger partial charge in [0.15, 0.2) is 0 Å². The zero-order valence-corrected chi connectivity index (χ0v) is 15.9. The third kappa shape index (κ3) is 4.41. The SMILES string of the molecule is O=C(O[C@H]1CCCC[C@H]1N1CCC(c2ccccc2)CC1)c1ccccc1. The molecule has 0 spiro atoms. The highest BCUT2D eigenvalue weighted by atomic mass is 16.5. The highest BCUT2D eigenvalue weighted by molar-refractivity contribution is 5.89. The van der Waals surface area contributed by atoms with Gasteiger partial charge in [-0.1, -0.05) is 55.0 Å². The Labute approximate surface area is 162 Å². The number of benzene rings is 2. The summed E-state index contributed by atoms with van der Waals surface area (Å²) in [5.74, 6) is 0.489. The van der Waals surface area contributed by atoms with Crippen molar-refractivity contribution >= 4 is 5.97 Å². The molecule has 2 atom stereocenters. The Morgan fingerprint density at radius 2 is 1.44 bits per heavy atom. The number of hydrogen-bond donors (Lipinski definition) is 0. The van der Waals surface area contributed by atoms with Gasteiger partial charge in [0.1, 0.15) is 6.10 Å². The van der Waals surface area contributed by atoms with Crippen molar-refractivity contribution < 1.29 is 9.53 Å². The van der Waals surface area contributed by atoms with Gasteiger partial charge in [0.05, 0.1) is 5.56 Å². The van der Waals surface area contributed by atoms with Crippen LogP contribution in [0.3, 0.4) is 0 Å². The lowest BCUT2D eigenvalue weighted by atomic mass is 9.85. The average Bonchev–Trinajstić information content (AvgIpc) is 2.75. The highest BCUT2D eigenvalue weighted by Crippen LogP contribution is 2.33. The minimum Gasteiger partial charge on any atom is -0.457 e. The number of nitrogens with zero attached hydrogens (tertiary/aromatic N) is 1. The molecule has 0 radical (unpaired) electrons. The third-order valence-corrected chi connectivity index (χ3v) is 6.21. The van der Waals surface area contributed by atoms with E-state index in [1.807, 2.05) is 30.3 Å². The molecule has 0 aromatic heterocycles. The summed E-state index contributed by atoms with van der Waals surface area (Å²) in [5.41, 5.74) is 2.12. The molecule has 4 rings (SSSR count). The molecule has 27 heavy (non-hydrogen) atoms. The van der Waals surface area contributed by atoms with Crippen molar-refractivity contribution in [2.24, 2.45) is 0 Å². The molecule has 2 aromatic rings. The Balaban J connectivity index is 1.37. The van der Waals surface area contributed by atoms with Crippen LogP contribution in [0.25, 0.3) is 0 Å². The van der Waals surface area contributed by atoms with E-state index in [9.17, 15) is 4.79 Å². The Morgan fingerprint density at radius 1 is 0.815 bits per heavy atom. The van der Waals surface area contributed by atoms with Crippen LogP contribution in [-0.4, -0.2) is 36.1 Å². The molecule has 1 saturated carbocycles. The van der Waals surface area contributed by atoms with Crippen molar-refractivity contribution in [2.75, 3.05) is 13.1 Å². The fourth-order valence-corrected chi connectivity index (χ4v) is 4.70. The first-order chi connectivity index (χ1) is 13.3. The standard InChI is InChI=1S/C24H29NO2/c26-24(21-11-5-2-6-12-21)27-23-14-8-7-13-22(23)25-17-15-20(16-18-25)19-9-3-1-4-10-19/h1-6,9-12,20,22-23H,7-8,13-18H2/t22-,23+/m1/s1. The van der Waals surface area contributed by atoms with Crippen molar-refractivity contribution in [1.29, 1.82) is 0 Å². The Morgan fingerprint density at radius 3 is 2.15 bits per heavy atom. The lowest BCUT2D eigenvalue weighted by Crippen LogP contribution is -2.50. The van der Waals surface area contributed by atoms with Crippen molar-refractivity contribution in [2.45, 2.75) is 56.6 Å². The number of hydrogen-bond acceptors (Lipinski definition) is 3. The van der Waals surface area contributed by atoms with Gasteiger partial charge in [-0.15, -0.1) is 0 Å². The maximum absolute atomic E-state index is 12.5. The number of ether oxygens (including phenoxy) is 1. The molecular weight excluding hydrogens is 334 g/mol. The molecule has 1 aliphatic carbocycles. The minimum atomic E-state index is -0.174. The number of likely N-dealkylation sites (tertiary alicyclic amines) is 1. The van der Waals surface area contributed by atoms with Gasteiger partial charge in [-0.25, -0.2) is 4.79 Å². The predicted molar refractivity (Wildman–Crippen MR) is 108 cm³/mol. The second-order valence-corrected chi connectivity index (χ2v) is 7.88. The van der Waals surface area contributed by atoms with Crippen molar-refractivity contribution in [1.82, 2.24) is 4.90 Å². The summed E-state index contributed by atoms with van der Waals surface area (Å²) in [7, 11) is 0. The van der Waals surface area contributed by atoms with E-state index < -0.39 is 0 Å². The lowest BCUT2D eigenvalue weighted by Gasteiger charge is -2.42. The zero-order valence-electron chi connectivity index (χ0n) is 15.9. The van der Waals surface area contributed by atoms with E-state index in [0.717, 1.165) is 32.4 Å². The summed E-state index contributed by atoms with van der Waals surface area (Å²) >= 11 is 0. The summed E-state index contributed by atoms with van der Waals surface area (Å²) in [4.78, 5) is 15.1. The van der Waals surface area contributed by atoms with Crippen LogP contribution in [0.4, 0.5) is 0 Å². The molecule has 1 heterocycles. The number of rotatable bonds is 4. The van der Waals surface area contributed by atoms with Gasteiger partial charge in [0.25, 0.3) is 0 Å². The fraction of sp³-hybridized carbons (Fsp3) is 0.458. The Kier molecular flexibility index (Phi) is 5.88. The molecule has 2 fully saturated rings. The molecule has 0 bridgehead atoms. The highest BCUT2D eigenvalue weighted by Gasteiger charge is 2.35. The van der Waals surface area contributed by atoms with E-state index in [-0.39, 0.29) is 12.1 Å². The molecule has 3 nitrogen and oxygen atoms in total. The van der Waals surface area contributed by atoms with E-state index in [0.29, 0.717) is 17.5 Å². The van der Waals surface area contributed by atoms with Gasteiger partial charge in [0.2, 0.25) is 0 Å². The normalized spacial score (nSPS) is 24.4. The van der Waals surface area contributed by atoms with E-state index in [2.05, 4.69) is 35.2 Å². The molecule has 2 aliphatic rings. The second kappa shape index (κ2) is 8.71. The fourth-order valence-electron chi connectivity index (χ4n) is 4.70. The molecule has 0 unspecified atom stereocenters. The van der Waals surface area contributed by atoms with Crippen LogP contribution >= 0.6 is 0 Å². The predicted octanol–water partition coefficient (Wildman–Crippen LogP) is 5.03. The van der Waals surface area contributed by atoms with Gasteiger partial charge >= 0.3 is 5.97 Å². The zero-order chi connectivity index (χ0) is 18.5. The average molecular weight is 364 g/mol. The molecule has 0 N–H and O–H groups in total. The van der Waals surface area contributed by atoms with Crippen molar-refractivity contribution in [3.8, 4) is 0 Å². The van der Waals surface area contributed by atoms with Crippen LogP contribution in [0.2, 0.25) is 0 Å². The molecule has 3 heteroatoms. The van der Waals surface area contributed by atoms with E-state index in [1.54, 1.807) is 0 Å². The quantitative estimate of drug-likeness (QED) is 0.713. The summed E-state index contributed by atoms with van der Waals surface area (Å²) in [6.45, 7) is 2.20. The van der Waals surface area contributed by atoms with Crippen LogP contribution in [-0.2, 0) is 4.74 Å². The van der Waals surface area contributed by atoms with Crippen molar-refractivity contribution in [3.63, 3.8) is 0 Å². The smallest absolute Gasteiger partial charge is 0.338 e. The first kappa shape index (κ1) is 18.2. The molecule has 142 valence electrons. The maximum Gasteiger partial charge on any atom is 0.338 e. The first-order valence-electron chi connectivity index (χ1n) is 10.4. The van der Waals surface area contributed by atoms with E-state index in [4.69, 9.17) is 4.74 Å². The Bertz CT molecular complexity index is 723. The summed E-state index contributed by atoms with van der Waals surface area (Å²) < 4.78 is 5.97. The van der Waals surface area contributed by atoms with Crippen LogP contribution in [0.5, 0.6) is 0 Å². The monoisotopic (exact) mass is 363 g/mol. The topological polar surface area (TPSA) is 29.5 Å². The summed E-state index contributed by atoms with van der Waals surface area (Å²) in [6, 6.07) is 20.6. The lowest BCUT2D eigenvalue weighted by molar-refractivity contribution is -0.0230. The minimum absolute atomic E-state index is 0.0275. The van der Waals surface area contributed by atoms with Crippen LogP contribution in [0, 0.1) is 0 Å².